The molecule has 20 heavy (non-hydrogen) atoms. The van der Waals surface area contributed by atoms with Crippen LogP contribution in [0.2, 0.25) is 5.02 Å². The molecule has 3 aromatic rings. The Balaban J connectivity index is 2.10. The highest BCUT2D eigenvalue weighted by molar-refractivity contribution is 9.10. The molecule has 0 saturated heterocycles. The number of pyridine rings is 1. The van der Waals surface area contributed by atoms with Gasteiger partial charge in [0, 0.05) is 16.4 Å². The number of halogens is 2. The number of nitrogens with zero attached hydrogens (tertiary/aromatic N) is 3. The van der Waals surface area contributed by atoms with Gasteiger partial charge in [-0.1, -0.05) is 22.8 Å². The van der Waals surface area contributed by atoms with E-state index in [1.165, 1.54) is 0 Å². The van der Waals surface area contributed by atoms with Crippen LogP contribution in [-0.4, -0.2) is 15.1 Å². The fraction of sp³-hybridized carbons (Fsp3) is 0. The molecule has 0 amide bonds. The summed E-state index contributed by atoms with van der Waals surface area (Å²) in [4.78, 5) is 8.50. The summed E-state index contributed by atoms with van der Waals surface area (Å²) < 4.78 is 6.01. The van der Waals surface area contributed by atoms with Gasteiger partial charge in [0.05, 0.1) is 10.6 Å². The van der Waals surface area contributed by atoms with Crippen LogP contribution in [0.5, 0.6) is 0 Å². The van der Waals surface area contributed by atoms with E-state index in [2.05, 4.69) is 31.1 Å². The molecule has 0 atom stereocenters. The Labute approximate surface area is 127 Å². The lowest BCUT2D eigenvalue weighted by Crippen LogP contribution is -1.91. The smallest absolute Gasteiger partial charge is 0.261 e. The highest BCUT2D eigenvalue weighted by Gasteiger charge is 2.17. The zero-order valence-corrected chi connectivity index (χ0v) is 12.4. The summed E-state index contributed by atoms with van der Waals surface area (Å²) in [6.45, 7) is 0. The quantitative estimate of drug-likeness (QED) is 0.711. The van der Waals surface area contributed by atoms with E-state index in [0.29, 0.717) is 27.8 Å². The lowest BCUT2D eigenvalue weighted by molar-refractivity contribution is 0.432. The van der Waals surface area contributed by atoms with Crippen molar-refractivity contribution in [1.29, 1.82) is 0 Å². The van der Waals surface area contributed by atoms with E-state index < -0.39 is 0 Å². The number of hydrogen-bond acceptors (Lipinski definition) is 5. The molecule has 0 radical (unpaired) electrons. The molecule has 0 spiro atoms. The minimum atomic E-state index is 0.264. The maximum Gasteiger partial charge on any atom is 0.261 e. The maximum atomic E-state index is 6.12. The second-order valence-corrected chi connectivity index (χ2v) is 5.22. The van der Waals surface area contributed by atoms with Crippen LogP contribution in [0.4, 0.5) is 5.69 Å². The molecule has 7 heteroatoms. The van der Waals surface area contributed by atoms with Crippen LogP contribution in [0, 0.1) is 0 Å². The molecule has 1 aromatic carbocycles. The van der Waals surface area contributed by atoms with Gasteiger partial charge < -0.3 is 10.3 Å². The summed E-state index contributed by atoms with van der Waals surface area (Å²) in [5.74, 6) is 0.632. The standard InChI is InChI=1S/C13H8BrClN4O/c14-7-3-2-6-17-11(7)12-18-13(20-19-12)10-8(15)4-1-5-9(10)16/h1-6H,16H2. The van der Waals surface area contributed by atoms with Gasteiger partial charge in [-0.05, 0) is 40.2 Å². The number of anilines is 1. The normalized spacial score (nSPS) is 10.7. The van der Waals surface area contributed by atoms with E-state index in [4.69, 9.17) is 21.9 Å². The van der Waals surface area contributed by atoms with E-state index >= 15 is 0 Å². The monoisotopic (exact) mass is 350 g/mol. The van der Waals surface area contributed by atoms with Crippen molar-refractivity contribution in [2.45, 2.75) is 0 Å². The highest BCUT2D eigenvalue weighted by atomic mass is 79.9. The molecule has 0 aliphatic rings. The largest absolute Gasteiger partial charge is 0.398 e. The number of rotatable bonds is 2. The predicted molar refractivity (Wildman–Crippen MR) is 80.1 cm³/mol. The first-order valence-electron chi connectivity index (χ1n) is 5.66. The summed E-state index contributed by atoms with van der Waals surface area (Å²) in [6, 6.07) is 8.85. The molecule has 2 N–H and O–H groups in total. The molecule has 0 bridgehead atoms. The number of benzene rings is 1. The van der Waals surface area contributed by atoms with Gasteiger partial charge in [-0.3, -0.25) is 4.98 Å². The molecule has 2 aromatic heterocycles. The summed E-state index contributed by atoms with van der Waals surface area (Å²) in [5.41, 5.74) is 7.49. The molecule has 0 saturated carbocycles. The summed E-state index contributed by atoms with van der Waals surface area (Å²) >= 11 is 9.51. The van der Waals surface area contributed by atoms with Gasteiger partial charge in [0.1, 0.15) is 5.69 Å². The molecule has 5 nitrogen and oxygen atoms in total. The zero-order valence-electron chi connectivity index (χ0n) is 10.0. The Morgan fingerprint density at radius 1 is 1.20 bits per heavy atom. The van der Waals surface area contributed by atoms with Crippen LogP contribution in [0.25, 0.3) is 23.0 Å². The van der Waals surface area contributed by atoms with Crippen molar-refractivity contribution in [3.63, 3.8) is 0 Å². The Morgan fingerprint density at radius 3 is 2.80 bits per heavy atom. The van der Waals surface area contributed by atoms with Crippen molar-refractivity contribution < 1.29 is 4.52 Å². The Hall–Kier alpha value is -1.92. The van der Waals surface area contributed by atoms with Gasteiger partial charge in [0.2, 0.25) is 5.82 Å². The molecule has 0 aliphatic carbocycles. The SMILES string of the molecule is Nc1cccc(Cl)c1-c1nc(-c2ncccc2Br)no1. The van der Waals surface area contributed by atoms with Crippen LogP contribution in [0.3, 0.4) is 0 Å². The molecular weight excluding hydrogens is 344 g/mol. The molecule has 0 unspecified atom stereocenters. The van der Waals surface area contributed by atoms with Gasteiger partial charge in [-0.2, -0.15) is 4.98 Å². The van der Waals surface area contributed by atoms with E-state index in [1.807, 2.05) is 6.07 Å². The summed E-state index contributed by atoms with van der Waals surface area (Å²) in [5, 5.41) is 4.37. The molecule has 100 valence electrons. The number of nitrogens with two attached hydrogens (primary N) is 1. The van der Waals surface area contributed by atoms with Crippen LogP contribution >= 0.6 is 27.5 Å². The Morgan fingerprint density at radius 2 is 2.05 bits per heavy atom. The third-order valence-electron chi connectivity index (χ3n) is 2.66. The molecular formula is C13H8BrClN4O. The average Bonchev–Trinajstić information content (AvgIpc) is 2.88. The molecule has 0 fully saturated rings. The lowest BCUT2D eigenvalue weighted by Gasteiger charge is -2.01. The van der Waals surface area contributed by atoms with E-state index in [1.54, 1.807) is 30.5 Å². The van der Waals surface area contributed by atoms with Crippen molar-refractivity contribution in [2.75, 3.05) is 5.73 Å². The average molecular weight is 352 g/mol. The fourth-order valence-corrected chi connectivity index (χ4v) is 2.43. The second-order valence-electron chi connectivity index (χ2n) is 3.96. The molecule has 0 aliphatic heterocycles. The molecule has 3 rings (SSSR count). The zero-order chi connectivity index (χ0) is 14.1. The van der Waals surface area contributed by atoms with Gasteiger partial charge in [-0.25, -0.2) is 0 Å². The number of hydrogen-bond donors (Lipinski definition) is 1. The first kappa shape index (κ1) is 13.1. The predicted octanol–water partition coefficient (Wildman–Crippen LogP) is 3.80. The second kappa shape index (κ2) is 5.22. The van der Waals surface area contributed by atoms with Gasteiger partial charge >= 0.3 is 0 Å². The lowest BCUT2D eigenvalue weighted by atomic mass is 10.2. The first-order valence-corrected chi connectivity index (χ1v) is 6.83. The van der Waals surface area contributed by atoms with E-state index in [-0.39, 0.29) is 5.89 Å². The number of aromatic nitrogens is 3. The van der Waals surface area contributed by atoms with Crippen molar-refractivity contribution in [3.05, 3.63) is 46.0 Å². The fourth-order valence-electron chi connectivity index (χ4n) is 1.74. The van der Waals surface area contributed by atoms with Crippen LogP contribution in [0.1, 0.15) is 0 Å². The van der Waals surface area contributed by atoms with Gasteiger partial charge in [0.25, 0.3) is 5.89 Å². The third kappa shape index (κ3) is 2.28. The maximum absolute atomic E-state index is 6.12. The van der Waals surface area contributed by atoms with Crippen molar-refractivity contribution in [1.82, 2.24) is 15.1 Å². The highest BCUT2D eigenvalue weighted by Crippen LogP contribution is 2.33. The molecule has 2 heterocycles. The minimum absolute atomic E-state index is 0.264. The third-order valence-corrected chi connectivity index (χ3v) is 3.61. The van der Waals surface area contributed by atoms with Crippen molar-refractivity contribution >= 4 is 33.2 Å². The Kier molecular flexibility index (Phi) is 3.42. The van der Waals surface area contributed by atoms with E-state index in [0.717, 1.165) is 4.47 Å². The summed E-state index contributed by atoms with van der Waals surface area (Å²) in [6.07, 6.45) is 1.65. The summed E-state index contributed by atoms with van der Waals surface area (Å²) in [7, 11) is 0. The topological polar surface area (TPSA) is 77.8 Å². The Bertz CT molecular complexity index is 754. The van der Waals surface area contributed by atoms with Crippen LogP contribution in [0.15, 0.2) is 45.5 Å². The van der Waals surface area contributed by atoms with Gasteiger partial charge in [-0.15, -0.1) is 0 Å². The van der Waals surface area contributed by atoms with E-state index in [9.17, 15) is 0 Å². The van der Waals surface area contributed by atoms with Crippen LogP contribution in [-0.2, 0) is 0 Å². The first-order chi connectivity index (χ1) is 9.66. The van der Waals surface area contributed by atoms with Crippen LogP contribution < -0.4 is 5.73 Å². The van der Waals surface area contributed by atoms with Gasteiger partial charge in [0.15, 0.2) is 0 Å². The minimum Gasteiger partial charge on any atom is -0.398 e. The van der Waals surface area contributed by atoms with Crippen molar-refractivity contribution in [2.24, 2.45) is 0 Å². The van der Waals surface area contributed by atoms with Crippen molar-refractivity contribution in [3.8, 4) is 23.0 Å². The number of nitrogen functional groups attached to an aromatic ring is 1.